The molecule has 4 saturated heterocycles. The summed E-state index contributed by atoms with van der Waals surface area (Å²) < 4.78 is 68.1. The van der Waals surface area contributed by atoms with E-state index in [1.54, 1.807) is 6.08 Å². The van der Waals surface area contributed by atoms with Gasteiger partial charge in [-0.15, -0.1) is 0 Å². The smallest absolute Gasteiger partial charge is 0.155 e. The predicted molar refractivity (Wildman–Crippen MR) is 285 cm³/mol. The van der Waals surface area contributed by atoms with Crippen LogP contribution in [0, 0.1) is 11.8 Å². The Hall–Kier alpha value is -6.72. The van der Waals surface area contributed by atoms with Crippen molar-refractivity contribution >= 4 is 0 Å². The lowest BCUT2D eigenvalue weighted by Crippen LogP contribution is -2.66. The lowest BCUT2D eigenvalue weighted by Gasteiger charge is -2.51. The van der Waals surface area contributed by atoms with Gasteiger partial charge in [-0.25, -0.2) is 0 Å². The Morgan fingerprint density at radius 3 is 1.12 bits per heavy atom. The van der Waals surface area contributed by atoms with Crippen LogP contribution in [0.5, 0.6) is 0 Å². The number of fused-ring (bicyclic) bond motifs is 3. The number of hydrogen-bond donors (Lipinski definition) is 0. The van der Waals surface area contributed by atoms with Crippen LogP contribution in [0.4, 0.5) is 0 Å². The molecule has 2 bridgehead atoms. The molecule has 4 aliphatic heterocycles. The van der Waals surface area contributed by atoms with Crippen molar-refractivity contribution in [1.29, 1.82) is 0 Å². The minimum atomic E-state index is -0.791. The van der Waals surface area contributed by atoms with Crippen molar-refractivity contribution in [2.45, 2.75) is 107 Å². The number of hydrogen-bond acceptors (Lipinski definition) is 10. The fraction of sp³-hybridized carbons (Fsp3) is 0.292. The van der Waals surface area contributed by atoms with Gasteiger partial charge in [-0.1, -0.05) is 224 Å². The van der Waals surface area contributed by atoms with E-state index in [9.17, 15) is 0 Å². The van der Waals surface area contributed by atoms with Gasteiger partial charge < -0.3 is 47.4 Å². The second-order valence-electron chi connectivity index (χ2n) is 18.9. The summed E-state index contributed by atoms with van der Waals surface area (Å²) >= 11 is 0. The molecule has 0 aromatic heterocycles. The van der Waals surface area contributed by atoms with Crippen LogP contribution in [-0.4, -0.2) is 74.3 Å². The standard InChI is InChI=1S/C65H64O10/c1-8-23-48(24-9-1)39-66-46-57-60(69-42-51-29-14-4-15-30-51)63(70-43-52-31-16-5-17-32-52)59(68-41-50-27-12-3-13-28-50)55(73-57)37-22-38-56-61-64(71-44-53-33-18-6-19-34-53)65(72-45-54-35-20-7-21-36-54)62(74-56)58(75-61)47-67-40-49-25-10-2-11-26-49/h1-21,23-36,38,55,57-65H,39-47H2/b56-38+/t55-,57-,58-,59+,60-,61-,62-,63-,64+,65-/m1/s1. The van der Waals surface area contributed by atoms with Crippen molar-refractivity contribution in [3.05, 3.63) is 263 Å². The molecule has 7 aromatic carbocycles. The molecule has 11 rings (SSSR count). The third kappa shape index (κ3) is 14.6. The summed E-state index contributed by atoms with van der Waals surface area (Å²) in [6, 6.07) is 70.8. The lowest BCUT2D eigenvalue weighted by atomic mass is 9.89. The van der Waals surface area contributed by atoms with Crippen molar-refractivity contribution in [3.8, 4) is 11.8 Å². The molecule has 75 heavy (non-hydrogen) atoms. The molecule has 10 nitrogen and oxygen atoms in total. The maximum Gasteiger partial charge on any atom is 0.155 e. The molecular weight excluding hydrogens is 941 g/mol. The van der Waals surface area contributed by atoms with E-state index < -0.39 is 61.0 Å². The molecule has 10 atom stereocenters. The summed E-state index contributed by atoms with van der Waals surface area (Å²) in [7, 11) is 0. The lowest BCUT2D eigenvalue weighted by molar-refractivity contribution is -0.298. The van der Waals surface area contributed by atoms with Gasteiger partial charge >= 0.3 is 0 Å². The maximum absolute atomic E-state index is 7.07. The van der Waals surface area contributed by atoms with Crippen molar-refractivity contribution in [3.63, 3.8) is 0 Å². The van der Waals surface area contributed by atoms with Gasteiger partial charge in [0.1, 0.15) is 60.7 Å². The van der Waals surface area contributed by atoms with Crippen LogP contribution >= 0.6 is 0 Å². The van der Waals surface area contributed by atoms with E-state index in [0.29, 0.717) is 52.0 Å². The van der Waals surface area contributed by atoms with Crippen molar-refractivity contribution < 1.29 is 47.4 Å². The van der Waals surface area contributed by atoms with E-state index >= 15 is 0 Å². The first-order valence-corrected chi connectivity index (χ1v) is 25.9. The van der Waals surface area contributed by atoms with Crippen molar-refractivity contribution in [1.82, 2.24) is 0 Å². The minimum absolute atomic E-state index is 0.212. The second kappa shape index (κ2) is 27.2. The summed E-state index contributed by atoms with van der Waals surface area (Å²) in [6.45, 7) is 2.95. The van der Waals surface area contributed by atoms with E-state index in [1.807, 2.05) is 176 Å². The largest absolute Gasteiger partial charge is 0.486 e. The molecule has 4 aliphatic rings. The molecule has 0 N–H and O–H groups in total. The average Bonchev–Trinajstić information content (AvgIpc) is 3.48. The molecule has 0 spiro atoms. The van der Waals surface area contributed by atoms with Gasteiger partial charge in [0.05, 0.1) is 59.5 Å². The first-order chi connectivity index (χ1) is 37.2. The van der Waals surface area contributed by atoms with E-state index in [2.05, 4.69) is 48.2 Å². The average molecular weight is 1010 g/mol. The molecule has 10 heteroatoms. The zero-order chi connectivity index (χ0) is 50.7. The first kappa shape index (κ1) is 51.8. The fourth-order valence-corrected chi connectivity index (χ4v) is 9.63. The summed E-state index contributed by atoms with van der Waals surface area (Å²) in [5, 5.41) is 0. The Balaban J connectivity index is 0.976. The van der Waals surface area contributed by atoms with Crippen LogP contribution in [0.3, 0.4) is 0 Å². The molecule has 384 valence electrons. The van der Waals surface area contributed by atoms with Crippen LogP contribution in [0.15, 0.2) is 224 Å². The molecule has 0 amide bonds. The van der Waals surface area contributed by atoms with Gasteiger partial charge in [0, 0.05) is 6.08 Å². The second-order valence-corrected chi connectivity index (χ2v) is 18.9. The molecule has 0 radical (unpaired) electrons. The first-order valence-electron chi connectivity index (χ1n) is 25.9. The highest BCUT2D eigenvalue weighted by molar-refractivity contribution is 5.29. The van der Waals surface area contributed by atoms with Crippen molar-refractivity contribution in [2.24, 2.45) is 0 Å². The van der Waals surface area contributed by atoms with E-state index in [-0.39, 0.29) is 13.2 Å². The van der Waals surface area contributed by atoms with Gasteiger partial charge in [0.25, 0.3) is 0 Å². The van der Waals surface area contributed by atoms with Gasteiger partial charge in [-0.3, -0.25) is 0 Å². The van der Waals surface area contributed by atoms with Crippen LogP contribution < -0.4 is 0 Å². The number of benzene rings is 7. The Morgan fingerprint density at radius 2 is 0.693 bits per heavy atom. The monoisotopic (exact) mass is 1000 g/mol. The van der Waals surface area contributed by atoms with Crippen LogP contribution in [0.25, 0.3) is 0 Å². The molecule has 0 aliphatic carbocycles. The normalized spacial score (nSPS) is 24.5. The summed E-state index contributed by atoms with van der Waals surface area (Å²) in [5.41, 5.74) is 7.22. The number of rotatable bonds is 23. The zero-order valence-electron chi connectivity index (χ0n) is 42.0. The fourth-order valence-electron chi connectivity index (χ4n) is 9.63. The number of allylic oxidation sites excluding steroid dienone is 1. The predicted octanol–water partition coefficient (Wildman–Crippen LogP) is 11.2. The highest BCUT2D eigenvalue weighted by Gasteiger charge is 2.56. The molecule has 4 fully saturated rings. The van der Waals surface area contributed by atoms with Crippen molar-refractivity contribution in [2.75, 3.05) is 13.2 Å². The molecule has 0 unspecified atom stereocenters. The Bertz CT molecular complexity index is 2830. The Labute approximate surface area is 441 Å². The molecule has 0 saturated carbocycles. The van der Waals surface area contributed by atoms with E-state index in [1.165, 1.54) is 0 Å². The SMILES string of the molecule is C(#C[C@H]1O[C@H](COCc2ccccc2)[C@@H](OCc2ccccc2)[C@H](OCc2ccccc2)[C@H]1OCc1ccccc1)/C=C1/O[C@H]2[C@@H](OCc3ccccc3)[C@@H](OCc3ccccc3)[C@@H]1O[C@@H]2COCc1ccccc1. The highest BCUT2D eigenvalue weighted by atomic mass is 16.7. The zero-order valence-corrected chi connectivity index (χ0v) is 42.0. The molecule has 7 aromatic rings. The molecule has 4 heterocycles. The summed E-state index contributed by atoms with van der Waals surface area (Å²) in [4.78, 5) is 0. The van der Waals surface area contributed by atoms with E-state index in [4.69, 9.17) is 47.4 Å². The maximum atomic E-state index is 7.07. The Kier molecular flexibility index (Phi) is 18.8. The topological polar surface area (TPSA) is 92.3 Å². The third-order valence-electron chi connectivity index (χ3n) is 13.5. The van der Waals surface area contributed by atoms with Gasteiger partial charge in [-0.2, -0.15) is 0 Å². The Morgan fingerprint density at radius 1 is 0.347 bits per heavy atom. The quantitative estimate of drug-likeness (QED) is 0.0577. The van der Waals surface area contributed by atoms with Gasteiger partial charge in [-0.05, 0) is 38.9 Å². The summed E-state index contributed by atoms with van der Waals surface area (Å²) in [6.07, 6.45) is -4.29. The number of ether oxygens (including phenoxy) is 10. The summed E-state index contributed by atoms with van der Waals surface area (Å²) in [5.74, 6) is 7.37. The highest BCUT2D eigenvalue weighted by Crippen LogP contribution is 2.40. The van der Waals surface area contributed by atoms with Crippen LogP contribution in [0.1, 0.15) is 38.9 Å². The van der Waals surface area contributed by atoms with Crippen LogP contribution in [0.2, 0.25) is 0 Å². The van der Waals surface area contributed by atoms with E-state index in [0.717, 1.165) is 38.9 Å². The van der Waals surface area contributed by atoms with Gasteiger partial charge in [0.15, 0.2) is 6.10 Å². The van der Waals surface area contributed by atoms with Gasteiger partial charge in [0.2, 0.25) is 0 Å². The van der Waals surface area contributed by atoms with Crippen LogP contribution in [-0.2, 0) is 93.6 Å². The minimum Gasteiger partial charge on any atom is -0.486 e. The third-order valence-corrected chi connectivity index (χ3v) is 13.5. The molecular formula is C65H64O10.